The highest BCUT2D eigenvalue weighted by molar-refractivity contribution is 7.98. The number of amides is 1. The smallest absolute Gasteiger partial charge is 0.336 e. The molecule has 0 spiro atoms. The molecule has 1 aliphatic rings. The molecule has 1 atom stereocenters. The van der Waals surface area contributed by atoms with E-state index in [-0.39, 0.29) is 23.3 Å². The fourth-order valence-electron chi connectivity index (χ4n) is 3.58. The molecule has 1 unspecified atom stereocenters. The van der Waals surface area contributed by atoms with Gasteiger partial charge >= 0.3 is 5.63 Å². The SMILES string of the molecule is CC(=O)Nc1ccc2c(CSc3nnc(C4CCS(=O)(=O)C4)n3C)cc(=O)oc2c1. The van der Waals surface area contributed by atoms with Crippen LogP contribution in [0.5, 0.6) is 0 Å². The standard InChI is InChI=1S/C19H20N4O5S2/c1-11(24)20-14-3-4-15-13(7-17(25)28-16(15)8-14)9-29-19-22-21-18(23(19)2)12-5-6-30(26,27)10-12/h3-4,7-8,12H,5-6,9-10H2,1-2H3,(H,20,24). The van der Waals surface area contributed by atoms with E-state index in [0.717, 1.165) is 10.9 Å². The highest BCUT2D eigenvalue weighted by atomic mass is 32.2. The van der Waals surface area contributed by atoms with Gasteiger partial charge in [0, 0.05) is 48.8 Å². The molecule has 1 saturated heterocycles. The number of hydrogen-bond donors (Lipinski definition) is 1. The molecule has 0 aliphatic carbocycles. The van der Waals surface area contributed by atoms with Crippen LogP contribution in [-0.4, -0.2) is 40.6 Å². The Hall–Kier alpha value is -2.66. The van der Waals surface area contributed by atoms with Gasteiger partial charge in [0.1, 0.15) is 11.4 Å². The average Bonchev–Trinajstić information content (AvgIpc) is 3.20. The lowest BCUT2D eigenvalue weighted by Gasteiger charge is -2.09. The third kappa shape index (κ3) is 4.26. The maximum absolute atomic E-state index is 12.0. The molecule has 0 saturated carbocycles. The Morgan fingerprint density at radius 1 is 1.33 bits per heavy atom. The summed E-state index contributed by atoms with van der Waals surface area (Å²) in [6, 6.07) is 6.60. The number of anilines is 1. The molecule has 30 heavy (non-hydrogen) atoms. The number of nitrogens with zero attached hydrogens (tertiary/aromatic N) is 3. The first-order valence-electron chi connectivity index (χ1n) is 9.29. The molecule has 0 radical (unpaired) electrons. The lowest BCUT2D eigenvalue weighted by Crippen LogP contribution is -2.09. The van der Waals surface area contributed by atoms with Crippen molar-refractivity contribution in [1.29, 1.82) is 0 Å². The van der Waals surface area contributed by atoms with Crippen molar-refractivity contribution in [3.63, 3.8) is 0 Å². The number of carbonyl (C=O) groups is 1. The van der Waals surface area contributed by atoms with Crippen molar-refractivity contribution in [2.75, 3.05) is 16.8 Å². The van der Waals surface area contributed by atoms with Crippen molar-refractivity contribution in [2.24, 2.45) is 7.05 Å². The van der Waals surface area contributed by atoms with E-state index in [9.17, 15) is 18.0 Å². The highest BCUT2D eigenvalue weighted by Gasteiger charge is 2.32. The summed E-state index contributed by atoms with van der Waals surface area (Å²) in [5.74, 6) is 1.05. The van der Waals surface area contributed by atoms with Crippen molar-refractivity contribution in [2.45, 2.75) is 30.2 Å². The Bertz CT molecular complexity index is 1300. The van der Waals surface area contributed by atoms with Gasteiger partial charge in [0.2, 0.25) is 5.91 Å². The van der Waals surface area contributed by atoms with Gasteiger partial charge in [-0.2, -0.15) is 0 Å². The quantitative estimate of drug-likeness (QED) is 0.465. The first-order valence-corrected chi connectivity index (χ1v) is 12.1. The number of rotatable bonds is 5. The Balaban J connectivity index is 1.57. The van der Waals surface area contributed by atoms with Crippen molar-refractivity contribution in [3.05, 3.63) is 46.1 Å². The zero-order valence-electron chi connectivity index (χ0n) is 16.4. The van der Waals surface area contributed by atoms with Crippen LogP contribution in [0, 0.1) is 0 Å². The van der Waals surface area contributed by atoms with E-state index in [1.807, 2.05) is 11.6 Å². The molecule has 3 aromatic rings. The van der Waals surface area contributed by atoms with Gasteiger partial charge in [-0.1, -0.05) is 11.8 Å². The number of sulfone groups is 1. The summed E-state index contributed by atoms with van der Waals surface area (Å²) >= 11 is 1.41. The summed E-state index contributed by atoms with van der Waals surface area (Å²) < 4.78 is 30.6. The normalized spacial score (nSPS) is 18.0. The minimum absolute atomic E-state index is 0.102. The fourth-order valence-corrected chi connectivity index (χ4v) is 6.23. The summed E-state index contributed by atoms with van der Waals surface area (Å²) in [6.45, 7) is 1.41. The lowest BCUT2D eigenvalue weighted by atomic mass is 10.1. The van der Waals surface area contributed by atoms with Gasteiger partial charge < -0.3 is 14.3 Å². The highest BCUT2D eigenvalue weighted by Crippen LogP contribution is 2.31. The number of carbonyl (C=O) groups excluding carboxylic acids is 1. The zero-order valence-corrected chi connectivity index (χ0v) is 18.0. The fraction of sp³-hybridized carbons (Fsp3) is 0.368. The summed E-state index contributed by atoms with van der Waals surface area (Å²) in [5, 5.41) is 12.5. The third-order valence-electron chi connectivity index (χ3n) is 4.97. The van der Waals surface area contributed by atoms with E-state index in [1.54, 1.807) is 18.2 Å². The van der Waals surface area contributed by atoms with Gasteiger partial charge in [0.25, 0.3) is 0 Å². The van der Waals surface area contributed by atoms with Crippen LogP contribution in [0.15, 0.2) is 38.6 Å². The second kappa shape index (κ2) is 7.88. The van der Waals surface area contributed by atoms with Crippen molar-refractivity contribution in [1.82, 2.24) is 14.8 Å². The lowest BCUT2D eigenvalue weighted by molar-refractivity contribution is -0.114. The van der Waals surface area contributed by atoms with Crippen LogP contribution < -0.4 is 10.9 Å². The van der Waals surface area contributed by atoms with Crippen molar-refractivity contribution in [3.8, 4) is 0 Å². The topological polar surface area (TPSA) is 124 Å². The molecule has 1 fully saturated rings. The molecule has 158 valence electrons. The molecule has 4 rings (SSSR count). The van der Waals surface area contributed by atoms with Gasteiger partial charge in [-0.15, -0.1) is 10.2 Å². The van der Waals surface area contributed by atoms with Crippen LogP contribution in [0.4, 0.5) is 5.69 Å². The van der Waals surface area contributed by atoms with Gasteiger partial charge in [0.05, 0.1) is 11.5 Å². The molecule has 2 aromatic heterocycles. The summed E-state index contributed by atoms with van der Waals surface area (Å²) in [7, 11) is -1.19. The maximum Gasteiger partial charge on any atom is 0.336 e. The minimum atomic E-state index is -3.01. The van der Waals surface area contributed by atoms with E-state index < -0.39 is 15.5 Å². The number of hydrogen-bond acceptors (Lipinski definition) is 8. The largest absolute Gasteiger partial charge is 0.423 e. The van der Waals surface area contributed by atoms with Gasteiger partial charge in [0.15, 0.2) is 15.0 Å². The second-order valence-corrected chi connectivity index (χ2v) is 10.4. The van der Waals surface area contributed by atoms with Gasteiger partial charge in [-0.05, 0) is 24.1 Å². The number of aromatic nitrogens is 3. The Labute approximate surface area is 176 Å². The molecule has 0 bridgehead atoms. The van der Waals surface area contributed by atoms with E-state index in [0.29, 0.717) is 34.4 Å². The third-order valence-corrected chi connectivity index (χ3v) is 7.81. The molecular formula is C19H20N4O5S2. The molecule has 1 aliphatic heterocycles. The maximum atomic E-state index is 12.0. The number of fused-ring (bicyclic) bond motifs is 1. The zero-order chi connectivity index (χ0) is 21.5. The summed E-state index contributed by atoms with van der Waals surface area (Å²) in [5.41, 5.74) is 1.23. The van der Waals surface area contributed by atoms with Crippen LogP contribution >= 0.6 is 11.8 Å². The van der Waals surface area contributed by atoms with Gasteiger partial charge in [-0.3, -0.25) is 4.79 Å². The molecule has 9 nitrogen and oxygen atoms in total. The van der Waals surface area contributed by atoms with Crippen LogP contribution in [0.3, 0.4) is 0 Å². The molecule has 11 heteroatoms. The Kier molecular flexibility index (Phi) is 5.41. The Morgan fingerprint density at radius 2 is 2.13 bits per heavy atom. The Morgan fingerprint density at radius 3 is 2.83 bits per heavy atom. The van der Waals surface area contributed by atoms with Crippen LogP contribution in [0.25, 0.3) is 11.0 Å². The van der Waals surface area contributed by atoms with E-state index in [1.165, 1.54) is 24.8 Å². The monoisotopic (exact) mass is 448 g/mol. The van der Waals surface area contributed by atoms with Crippen molar-refractivity contribution < 1.29 is 17.6 Å². The first-order chi connectivity index (χ1) is 14.2. The van der Waals surface area contributed by atoms with Crippen molar-refractivity contribution >= 4 is 44.2 Å². The molecule has 3 heterocycles. The average molecular weight is 449 g/mol. The van der Waals surface area contributed by atoms with Crippen LogP contribution in [0.1, 0.15) is 30.7 Å². The second-order valence-electron chi connectivity index (χ2n) is 7.27. The predicted octanol–water partition coefficient (Wildman–Crippen LogP) is 2.07. The van der Waals surface area contributed by atoms with E-state index in [2.05, 4.69) is 15.5 Å². The summed E-state index contributed by atoms with van der Waals surface area (Å²) in [6.07, 6.45) is 0.556. The van der Waals surface area contributed by atoms with E-state index in [4.69, 9.17) is 4.42 Å². The molecular weight excluding hydrogens is 428 g/mol. The van der Waals surface area contributed by atoms with E-state index >= 15 is 0 Å². The number of thioether (sulfide) groups is 1. The number of benzene rings is 1. The molecule has 1 N–H and O–H groups in total. The van der Waals surface area contributed by atoms with Crippen LogP contribution in [-0.2, 0) is 27.4 Å². The van der Waals surface area contributed by atoms with Gasteiger partial charge in [-0.25, -0.2) is 13.2 Å². The number of nitrogens with one attached hydrogen (secondary N) is 1. The predicted molar refractivity (Wildman–Crippen MR) is 113 cm³/mol. The molecule has 1 amide bonds. The van der Waals surface area contributed by atoms with Crippen LogP contribution in [0.2, 0.25) is 0 Å². The first kappa shape index (κ1) is 20.6. The minimum Gasteiger partial charge on any atom is -0.423 e. The molecule has 1 aromatic carbocycles. The summed E-state index contributed by atoms with van der Waals surface area (Å²) in [4.78, 5) is 23.3.